The number of allylic oxidation sites excluding steroid dienone is 2. The van der Waals surface area contributed by atoms with Crippen LogP contribution in [0.15, 0.2) is 47.6 Å². The minimum atomic E-state index is -0.772. The standard InChI is InChI=1S/C30H44N4O3/c1-8-20-17-25(28(36)32-24-16-12-14-22-13-10-11-15-23(22)24)34(18-21(20)9-2)29(37)26(30(4,5)6)33-27(35)19(3)31-7/h8-11,13,15,19,24-26,31H,12,14,16-18H2,1-7H3,(H,32,36)(H,33,35)/b20-8-,21-9-/t19-,24+,25-,26+/m0/s1. The minimum absolute atomic E-state index is 0.0684. The number of hydrogen-bond acceptors (Lipinski definition) is 4. The Balaban J connectivity index is 1.93. The summed E-state index contributed by atoms with van der Waals surface area (Å²) in [5.41, 5.74) is 4.01. The zero-order valence-corrected chi connectivity index (χ0v) is 23.5. The summed E-state index contributed by atoms with van der Waals surface area (Å²) in [6.45, 7) is 11.8. The molecule has 3 rings (SSSR count). The number of fused-ring (bicyclic) bond motifs is 1. The molecule has 1 aromatic carbocycles. The molecule has 1 aliphatic carbocycles. The van der Waals surface area contributed by atoms with Crippen molar-refractivity contribution < 1.29 is 14.4 Å². The van der Waals surface area contributed by atoms with Crippen LogP contribution in [-0.2, 0) is 20.8 Å². The normalized spacial score (nSPS) is 23.8. The molecule has 3 amide bonds. The number of aryl methyl sites for hydroxylation is 1. The number of amides is 3. The monoisotopic (exact) mass is 508 g/mol. The first-order valence-electron chi connectivity index (χ1n) is 13.5. The lowest BCUT2D eigenvalue weighted by atomic mass is 9.83. The summed E-state index contributed by atoms with van der Waals surface area (Å²) in [7, 11) is 1.71. The van der Waals surface area contributed by atoms with Crippen molar-refractivity contribution in [2.45, 2.75) is 91.4 Å². The second-order valence-corrected chi connectivity index (χ2v) is 11.3. The first-order valence-corrected chi connectivity index (χ1v) is 13.5. The summed E-state index contributed by atoms with van der Waals surface area (Å²) in [6, 6.07) is 6.34. The first-order chi connectivity index (χ1) is 17.5. The second kappa shape index (κ2) is 12.1. The molecular weight excluding hydrogens is 464 g/mol. The van der Waals surface area contributed by atoms with Gasteiger partial charge in [-0.2, -0.15) is 0 Å². The highest BCUT2D eigenvalue weighted by atomic mass is 16.2. The fourth-order valence-corrected chi connectivity index (χ4v) is 5.28. The lowest BCUT2D eigenvalue weighted by Crippen LogP contribution is -2.62. The fraction of sp³-hybridized carbons (Fsp3) is 0.567. The Morgan fingerprint density at radius 3 is 2.38 bits per heavy atom. The number of carbonyl (C=O) groups excluding carboxylic acids is 3. The van der Waals surface area contributed by atoms with Gasteiger partial charge < -0.3 is 20.9 Å². The van der Waals surface area contributed by atoms with E-state index in [2.05, 4.69) is 28.1 Å². The molecule has 37 heavy (non-hydrogen) atoms. The molecule has 2 aliphatic rings. The van der Waals surface area contributed by atoms with Crippen molar-refractivity contribution >= 4 is 17.7 Å². The minimum Gasteiger partial charge on any atom is -0.347 e. The van der Waals surface area contributed by atoms with E-state index in [1.165, 1.54) is 5.56 Å². The van der Waals surface area contributed by atoms with E-state index in [1.807, 2.05) is 58.9 Å². The van der Waals surface area contributed by atoms with Crippen molar-refractivity contribution in [1.29, 1.82) is 0 Å². The molecule has 1 aliphatic heterocycles. The molecular formula is C30H44N4O3. The maximum absolute atomic E-state index is 14.1. The highest BCUT2D eigenvalue weighted by Gasteiger charge is 2.43. The molecule has 1 heterocycles. The Morgan fingerprint density at radius 1 is 1.08 bits per heavy atom. The SMILES string of the molecule is C/C=C1/C[C@@H](C(=O)N[C@@H]2CCCc3ccccc32)N(C(=O)[C@@H](NC(=O)[C@H](C)NC)C(C)(C)C)C/C1=C/C. The molecule has 1 aromatic rings. The molecule has 0 aromatic heterocycles. The zero-order chi connectivity index (χ0) is 27.3. The Labute approximate surface area is 222 Å². The summed E-state index contributed by atoms with van der Waals surface area (Å²) >= 11 is 0. The van der Waals surface area contributed by atoms with E-state index < -0.39 is 23.5 Å². The van der Waals surface area contributed by atoms with Gasteiger partial charge >= 0.3 is 0 Å². The summed E-state index contributed by atoms with van der Waals surface area (Å²) in [5, 5.41) is 9.17. The van der Waals surface area contributed by atoms with Crippen LogP contribution in [-0.4, -0.2) is 54.3 Å². The predicted molar refractivity (Wildman–Crippen MR) is 148 cm³/mol. The van der Waals surface area contributed by atoms with Crippen molar-refractivity contribution in [3.05, 3.63) is 58.7 Å². The predicted octanol–water partition coefficient (Wildman–Crippen LogP) is 3.81. The Bertz CT molecular complexity index is 1070. The second-order valence-electron chi connectivity index (χ2n) is 11.3. The van der Waals surface area contributed by atoms with E-state index >= 15 is 0 Å². The average molecular weight is 509 g/mol. The molecule has 1 saturated heterocycles. The maximum atomic E-state index is 14.1. The number of benzene rings is 1. The maximum Gasteiger partial charge on any atom is 0.246 e. The van der Waals surface area contributed by atoms with Gasteiger partial charge in [0.15, 0.2) is 0 Å². The molecule has 0 unspecified atom stereocenters. The molecule has 3 N–H and O–H groups in total. The first kappa shape index (κ1) is 28.6. The third-order valence-corrected chi connectivity index (χ3v) is 7.74. The Kier molecular flexibility index (Phi) is 9.35. The molecule has 1 fully saturated rings. The van der Waals surface area contributed by atoms with E-state index in [0.717, 1.165) is 36.0 Å². The molecule has 4 atom stereocenters. The zero-order valence-electron chi connectivity index (χ0n) is 23.5. The largest absolute Gasteiger partial charge is 0.347 e. The Hall–Kier alpha value is -2.93. The number of carbonyl (C=O) groups is 3. The van der Waals surface area contributed by atoms with Gasteiger partial charge in [0.2, 0.25) is 17.7 Å². The third-order valence-electron chi connectivity index (χ3n) is 7.74. The van der Waals surface area contributed by atoms with E-state index in [0.29, 0.717) is 13.0 Å². The summed E-state index contributed by atoms with van der Waals surface area (Å²) in [5.74, 6) is -0.622. The van der Waals surface area contributed by atoms with Crippen molar-refractivity contribution in [3.63, 3.8) is 0 Å². The smallest absolute Gasteiger partial charge is 0.246 e. The van der Waals surface area contributed by atoms with Crippen LogP contribution in [0.3, 0.4) is 0 Å². The van der Waals surface area contributed by atoms with Gasteiger partial charge in [-0.05, 0) is 74.8 Å². The van der Waals surface area contributed by atoms with Gasteiger partial charge in [0.05, 0.1) is 12.1 Å². The van der Waals surface area contributed by atoms with Gasteiger partial charge in [0, 0.05) is 13.0 Å². The van der Waals surface area contributed by atoms with Crippen LogP contribution in [0.25, 0.3) is 0 Å². The number of hydrogen-bond donors (Lipinski definition) is 3. The summed E-state index contributed by atoms with van der Waals surface area (Å²) in [4.78, 5) is 42.4. The van der Waals surface area contributed by atoms with Gasteiger partial charge in [-0.15, -0.1) is 0 Å². The molecule has 7 nitrogen and oxygen atoms in total. The Morgan fingerprint density at radius 2 is 1.76 bits per heavy atom. The molecule has 0 saturated carbocycles. The van der Waals surface area contributed by atoms with Gasteiger partial charge in [0.1, 0.15) is 12.1 Å². The van der Waals surface area contributed by atoms with Crippen LogP contribution in [0.5, 0.6) is 0 Å². The highest BCUT2D eigenvalue weighted by Crippen LogP contribution is 2.33. The van der Waals surface area contributed by atoms with Crippen LogP contribution < -0.4 is 16.0 Å². The van der Waals surface area contributed by atoms with E-state index in [4.69, 9.17) is 0 Å². The molecule has 0 bridgehead atoms. The van der Waals surface area contributed by atoms with Crippen LogP contribution in [0.1, 0.15) is 78.0 Å². The van der Waals surface area contributed by atoms with Gasteiger partial charge in [0.25, 0.3) is 0 Å². The number of nitrogens with one attached hydrogen (secondary N) is 3. The lowest BCUT2D eigenvalue weighted by Gasteiger charge is -2.42. The van der Waals surface area contributed by atoms with Gasteiger partial charge in [-0.25, -0.2) is 0 Å². The fourth-order valence-electron chi connectivity index (χ4n) is 5.28. The van der Waals surface area contributed by atoms with Gasteiger partial charge in [-0.3, -0.25) is 14.4 Å². The van der Waals surface area contributed by atoms with Crippen LogP contribution >= 0.6 is 0 Å². The van der Waals surface area contributed by atoms with Gasteiger partial charge in [-0.1, -0.05) is 57.2 Å². The molecule has 202 valence electrons. The van der Waals surface area contributed by atoms with Crippen molar-refractivity contribution in [1.82, 2.24) is 20.9 Å². The van der Waals surface area contributed by atoms with Crippen molar-refractivity contribution in [2.75, 3.05) is 13.6 Å². The number of piperidine rings is 1. The molecule has 0 radical (unpaired) electrons. The number of likely N-dealkylation sites (tertiary alicyclic amines) is 1. The number of likely N-dealkylation sites (N-methyl/N-ethyl adjacent to an activating group) is 1. The topological polar surface area (TPSA) is 90.5 Å². The summed E-state index contributed by atoms with van der Waals surface area (Å²) in [6.07, 6.45) is 7.39. The molecule has 0 spiro atoms. The summed E-state index contributed by atoms with van der Waals surface area (Å²) < 4.78 is 0. The lowest BCUT2D eigenvalue weighted by molar-refractivity contribution is -0.146. The van der Waals surface area contributed by atoms with Crippen LogP contribution in [0.2, 0.25) is 0 Å². The molecule has 7 heteroatoms. The van der Waals surface area contributed by atoms with Crippen molar-refractivity contribution in [3.8, 4) is 0 Å². The third kappa shape index (κ3) is 6.50. The number of rotatable bonds is 6. The highest BCUT2D eigenvalue weighted by molar-refractivity contribution is 5.94. The van der Waals surface area contributed by atoms with Crippen molar-refractivity contribution in [2.24, 2.45) is 5.41 Å². The van der Waals surface area contributed by atoms with E-state index in [1.54, 1.807) is 18.9 Å². The van der Waals surface area contributed by atoms with E-state index in [9.17, 15) is 14.4 Å². The van der Waals surface area contributed by atoms with Crippen LogP contribution in [0.4, 0.5) is 0 Å². The quantitative estimate of drug-likeness (QED) is 0.545. The average Bonchev–Trinajstić information content (AvgIpc) is 2.89. The van der Waals surface area contributed by atoms with Crippen LogP contribution in [0, 0.1) is 5.41 Å². The number of nitrogens with zero attached hydrogens (tertiary/aromatic N) is 1. The van der Waals surface area contributed by atoms with E-state index in [-0.39, 0.29) is 23.8 Å².